The van der Waals surface area contributed by atoms with Gasteiger partial charge in [0.1, 0.15) is 0 Å². The SMILES string of the molecule is CCCCCN(C)CC1(CS)CCOCC1. The standard InChI is InChI=1S/C13H27NOS/c1-3-4-5-8-14(2)11-13(12-16)6-9-15-10-7-13/h16H,3-12H2,1-2H3. The fourth-order valence-corrected chi connectivity index (χ4v) is 2.87. The topological polar surface area (TPSA) is 12.5 Å². The molecule has 0 aromatic rings. The molecule has 0 N–H and O–H groups in total. The van der Waals surface area contributed by atoms with E-state index >= 15 is 0 Å². The van der Waals surface area contributed by atoms with Crippen LogP contribution < -0.4 is 0 Å². The molecule has 0 unspecified atom stereocenters. The van der Waals surface area contributed by atoms with Gasteiger partial charge >= 0.3 is 0 Å². The van der Waals surface area contributed by atoms with Gasteiger partial charge in [0, 0.05) is 19.8 Å². The molecule has 0 aromatic carbocycles. The molecule has 96 valence electrons. The molecule has 16 heavy (non-hydrogen) atoms. The van der Waals surface area contributed by atoms with Crippen LogP contribution in [0, 0.1) is 5.41 Å². The lowest BCUT2D eigenvalue weighted by atomic mass is 9.81. The van der Waals surface area contributed by atoms with Crippen LogP contribution in [0.4, 0.5) is 0 Å². The predicted octanol–water partition coefficient (Wildman–Crippen LogP) is 2.84. The minimum absolute atomic E-state index is 0.405. The Bertz CT molecular complexity index is 181. The van der Waals surface area contributed by atoms with Gasteiger partial charge in [-0.3, -0.25) is 0 Å². The lowest BCUT2D eigenvalue weighted by Crippen LogP contribution is -2.41. The van der Waals surface area contributed by atoms with Gasteiger partial charge in [-0.1, -0.05) is 19.8 Å². The van der Waals surface area contributed by atoms with Crippen molar-refractivity contribution < 1.29 is 4.74 Å². The van der Waals surface area contributed by atoms with E-state index in [-0.39, 0.29) is 0 Å². The van der Waals surface area contributed by atoms with E-state index in [0.29, 0.717) is 5.41 Å². The van der Waals surface area contributed by atoms with Crippen LogP contribution in [0.5, 0.6) is 0 Å². The monoisotopic (exact) mass is 245 g/mol. The summed E-state index contributed by atoms with van der Waals surface area (Å²) >= 11 is 4.55. The van der Waals surface area contributed by atoms with E-state index in [1.54, 1.807) is 0 Å². The Morgan fingerprint density at radius 1 is 1.25 bits per heavy atom. The van der Waals surface area contributed by atoms with Crippen molar-refractivity contribution >= 4 is 12.6 Å². The zero-order chi connectivity index (χ0) is 11.9. The van der Waals surface area contributed by atoms with E-state index in [1.807, 2.05) is 0 Å². The molecule has 0 saturated carbocycles. The Balaban J connectivity index is 2.30. The summed E-state index contributed by atoms with van der Waals surface area (Å²) in [6.07, 6.45) is 6.33. The first-order valence-corrected chi connectivity index (χ1v) is 7.23. The van der Waals surface area contributed by atoms with Crippen molar-refractivity contribution in [2.24, 2.45) is 5.41 Å². The second kappa shape index (κ2) is 7.57. The van der Waals surface area contributed by atoms with Gasteiger partial charge in [0.25, 0.3) is 0 Å². The number of unbranched alkanes of at least 4 members (excludes halogenated alkanes) is 2. The second-order valence-electron chi connectivity index (χ2n) is 5.22. The lowest BCUT2D eigenvalue weighted by molar-refractivity contribution is 0.0114. The average Bonchev–Trinajstić information content (AvgIpc) is 2.30. The number of thiol groups is 1. The van der Waals surface area contributed by atoms with Crippen molar-refractivity contribution in [1.29, 1.82) is 0 Å². The van der Waals surface area contributed by atoms with Crippen LogP contribution in [-0.4, -0.2) is 44.0 Å². The van der Waals surface area contributed by atoms with Gasteiger partial charge in [-0.15, -0.1) is 0 Å². The average molecular weight is 245 g/mol. The van der Waals surface area contributed by atoms with Crippen LogP contribution in [-0.2, 0) is 4.74 Å². The number of hydrogen-bond acceptors (Lipinski definition) is 3. The Morgan fingerprint density at radius 2 is 1.94 bits per heavy atom. The van der Waals surface area contributed by atoms with Crippen LogP contribution >= 0.6 is 12.6 Å². The maximum Gasteiger partial charge on any atom is 0.0472 e. The van der Waals surface area contributed by atoms with Gasteiger partial charge in [0.05, 0.1) is 0 Å². The molecule has 0 atom stereocenters. The molecule has 1 heterocycles. The van der Waals surface area contributed by atoms with Gasteiger partial charge in [0.2, 0.25) is 0 Å². The van der Waals surface area contributed by atoms with E-state index in [2.05, 4.69) is 31.5 Å². The van der Waals surface area contributed by atoms with Gasteiger partial charge in [0.15, 0.2) is 0 Å². The molecule has 1 aliphatic heterocycles. The molecule has 0 amide bonds. The highest BCUT2D eigenvalue weighted by molar-refractivity contribution is 7.80. The van der Waals surface area contributed by atoms with E-state index in [9.17, 15) is 0 Å². The number of nitrogens with zero attached hydrogens (tertiary/aromatic N) is 1. The first kappa shape index (κ1) is 14.3. The van der Waals surface area contributed by atoms with Gasteiger partial charge in [-0.25, -0.2) is 0 Å². The highest BCUT2D eigenvalue weighted by Gasteiger charge is 2.32. The molecular weight excluding hydrogens is 218 g/mol. The van der Waals surface area contributed by atoms with Crippen molar-refractivity contribution in [2.45, 2.75) is 39.0 Å². The lowest BCUT2D eigenvalue weighted by Gasteiger charge is -2.39. The Labute approximate surface area is 106 Å². The van der Waals surface area contributed by atoms with Crippen molar-refractivity contribution in [3.8, 4) is 0 Å². The smallest absolute Gasteiger partial charge is 0.0472 e. The summed E-state index contributed by atoms with van der Waals surface area (Å²) in [5.74, 6) is 0.995. The highest BCUT2D eigenvalue weighted by Crippen LogP contribution is 2.32. The maximum atomic E-state index is 5.45. The Morgan fingerprint density at radius 3 is 2.50 bits per heavy atom. The Kier molecular flexibility index (Phi) is 6.78. The summed E-state index contributed by atoms with van der Waals surface area (Å²) in [5, 5.41) is 0. The fourth-order valence-electron chi connectivity index (χ4n) is 2.45. The first-order chi connectivity index (χ1) is 7.72. The third kappa shape index (κ3) is 4.64. The number of hydrogen-bond donors (Lipinski definition) is 1. The van der Waals surface area contributed by atoms with Gasteiger partial charge < -0.3 is 9.64 Å². The quantitative estimate of drug-likeness (QED) is 0.547. The van der Waals surface area contributed by atoms with Crippen LogP contribution in [0.1, 0.15) is 39.0 Å². The van der Waals surface area contributed by atoms with E-state index in [0.717, 1.165) is 19.0 Å². The van der Waals surface area contributed by atoms with Crippen molar-refractivity contribution in [2.75, 3.05) is 39.1 Å². The molecule has 0 radical (unpaired) electrons. The van der Waals surface area contributed by atoms with Crippen LogP contribution in [0.2, 0.25) is 0 Å². The van der Waals surface area contributed by atoms with Crippen LogP contribution in [0.3, 0.4) is 0 Å². The summed E-state index contributed by atoms with van der Waals surface area (Å²) in [6, 6.07) is 0. The van der Waals surface area contributed by atoms with Crippen molar-refractivity contribution in [3.05, 3.63) is 0 Å². The van der Waals surface area contributed by atoms with Gasteiger partial charge in [-0.05, 0) is 44.0 Å². The molecule has 1 fully saturated rings. The molecule has 0 aliphatic carbocycles. The molecular formula is C13H27NOS. The summed E-state index contributed by atoms with van der Waals surface area (Å²) in [4.78, 5) is 2.48. The minimum Gasteiger partial charge on any atom is -0.381 e. The number of rotatable bonds is 7. The minimum atomic E-state index is 0.405. The molecule has 2 nitrogen and oxygen atoms in total. The van der Waals surface area contributed by atoms with E-state index in [1.165, 1.54) is 45.2 Å². The zero-order valence-electron chi connectivity index (χ0n) is 10.9. The molecule has 1 rings (SSSR count). The van der Waals surface area contributed by atoms with E-state index in [4.69, 9.17) is 4.74 Å². The van der Waals surface area contributed by atoms with Crippen molar-refractivity contribution in [1.82, 2.24) is 4.90 Å². The summed E-state index contributed by atoms with van der Waals surface area (Å²) in [7, 11) is 2.25. The summed E-state index contributed by atoms with van der Waals surface area (Å²) in [6.45, 7) is 6.51. The van der Waals surface area contributed by atoms with Crippen LogP contribution in [0.25, 0.3) is 0 Å². The Hall–Kier alpha value is 0.270. The van der Waals surface area contributed by atoms with Gasteiger partial charge in [-0.2, -0.15) is 12.6 Å². The largest absolute Gasteiger partial charge is 0.381 e. The molecule has 0 bridgehead atoms. The van der Waals surface area contributed by atoms with E-state index < -0.39 is 0 Å². The third-order valence-corrected chi connectivity index (χ3v) is 4.31. The molecule has 0 aromatic heterocycles. The van der Waals surface area contributed by atoms with Crippen LogP contribution in [0.15, 0.2) is 0 Å². The molecule has 0 spiro atoms. The van der Waals surface area contributed by atoms with Crippen molar-refractivity contribution in [3.63, 3.8) is 0 Å². The second-order valence-corrected chi connectivity index (χ2v) is 5.53. The summed E-state index contributed by atoms with van der Waals surface area (Å²) in [5.41, 5.74) is 0.405. The predicted molar refractivity (Wildman–Crippen MR) is 73.4 cm³/mol. The normalized spacial score (nSPS) is 20.2. The third-order valence-electron chi connectivity index (χ3n) is 3.64. The fraction of sp³-hybridized carbons (Fsp3) is 1.00. The number of ether oxygens (including phenoxy) is 1. The first-order valence-electron chi connectivity index (χ1n) is 6.59. The maximum absolute atomic E-state index is 5.45. The summed E-state index contributed by atoms with van der Waals surface area (Å²) < 4.78 is 5.45. The molecule has 1 saturated heterocycles. The molecule has 1 aliphatic rings. The molecule has 3 heteroatoms. The zero-order valence-corrected chi connectivity index (χ0v) is 11.8. The highest BCUT2D eigenvalue weighted by atomic mass is 32.1.